The van der Waals surface area contributed by atoms with Crippen molar-refractivity contribution in [2.75, 3.05) is 38.7 Å². The van der Waals surface area contributed by atoms with Crippen molar-refractivity contribution in [1.82, 2.24) is 19.9 Å². The van der Waals surface area contributed by atoms with Crippen molar-refractivity contribution in [3.8, 4) is 11.6 Å². The molecule has 3 heterocycles. The molecule has 1 unspecified atom stereocenters. The number of aromatic nitrogens is 3. The Balaban J connectivity index is 1.72. The number of H-pyrrole nitrogens is 1. The molecule has 32 heavy (non-hydrogen) atoms. The van der Waals surface area contributed by atoms with E-state index in [0.29, 0.717) is 57.1 Å². The lowest BCUT2D eigenvalue weighted by Crippen LogP contribution is -2.31. The summed E-state index contributed by atoms with van der Waals surface area (Å²) >= 11 is 0. The van der Waals surface area contributed by atoms with Gasteiger partial charge in [0.25, 0.3) is 0 Å². The Labute approximate surface area is 188 Å². The lowest BCUT2D eigenvalue weighted by molar-refractivity contribution is -0.129. The van der Waals surface area contributed by atoms with Crippen molar-refractivity contribution in [3.63, 3.8) is 0 Å². The average Bonchev–Trinajstić information content (AvgIpc) is 3.12. The van der Waals surface area contributed by atoms with E-state index in [1.807, 2.05) is 18.2 Å². The minimum absolute atomic E-state index is 0.0304. The number of carbonyl (C=O) groups excluding carboxylic acids is 1. The molecule has 2 aromatic heterocycles. The molecule has 1 aliphatic rings. The molecule has 0 radical (unpaired) electrons. The van der Waals surface area contributed by atoms with Gasteiger partial charge in [-0.1, -0.05) is 8.58 Å². The first-order valence-corrected chi connectivity index (χ1v) is 12.1. The standard InChI is InChI=1S/C22H27N6O3P/c1-28-9-8-23-20-19-15(22(30)27-21(19)26-13-25-20)12-24-14-6-7-17(32-2)16(11-14)31-10-4-3-5-18(28)29/h6-7,11-13,30,32H,3-5,8-10H2,1-2H3,(H2,23,25,26,27). The Bertz CT molecular complexity index is 1150. The molecule has 1 atom stereocenters. The van der Waals surface area contributed by atoms with E-state index in [0.717, 1.165) is 29.6 Å². The Hall–Kier alpha value is -3.19. The Morgan fingerprint density at radius 1 is 1.25 bits per heavy atom. The number of hydrogen-bond donors (Lipinski definition) is 3. The monoisotopic (exact) mass is 454 g/mol. The van der Waals surface area contributed by atoms with E-state index in [1.165, 1.54) is 6.33 Å². The molecular formula is C22H27N6O3P. The lowest BCUT2D eigenvalue weighted by atomic mass is 10.2. The highest BCUT2D eigenvalue weighted by Crippen LogP contribution is 2.30. The molecule has 2 bridgehead atoms. The second-order valence-electron chi connectivity index (χ2n) is 7.57. The number of amides is 1. The summed E-state index contributed by atoms with van der Waals surface area (Å²) in [5, 5.41) is 15.5. The van der Waals surface area contributed by atoms with Crippen LogP contribution in [0, 0.1) is 0 Å². The third-order valence-electron chi connectivity index (χ3n) is 5.39. The van der Waals surface area contributed by atoms with Crippen LogP contribution in [0.25, 0.3) is 11.0 Å². The predicted molar refractivity (Wildman–Crippen MR) is 129 cm³/mol. The highest BCUT2D eigenvalue weighted by atomic mass is 31.1. The van der Waals surface area contributed by atoms with Crippen LogP contribution in [0.5, 0.6) is 11.6 Å². The molecule has 0 aliphatic carbocycles. The van der Waals surface area contributed by atoms with Crippen LogP contribution in [-0.2, 0) is 4.79 Å². The number of aromatic hydroxyl groups is 1. The van der Waals surface area contributed by atoms with Gasteiger partial charge in [0.2, 0.25) is 5.91 Å². The predicted octanol–water partition coefficient (Wildman–Crippen LogP) is 2.78. The number of fused-ring (bicyclic) bond motifs is 2. The van der Waals surface area contributed by atoms with Crippen LogP contribution in [0.4, 0.5) is 11.5 Å². The van der Waals surface area contributed by atoms with Crippen LogP contribution < -0.4 is 15.4 Å². The van der Waals surface area contributed by atoms with Gasteiger partial charge in [-0.15, -0.1) is 0 Å². The molecule has 9 nitrogen and oxygen atoms in total. The van der Waals surface area contributed by atoms with Gasteiger partial charge < -0.3 is 25.0 Å². The molecule has 168 valence electrons. The summed E-state index contributed by atoms with van der Waals surface area (Å²) in [5.41, 5.74) is 1.73. The van der Waals surface area contributed by atoms with Gasteiger partial charge in [0.1, 0.15) is 23.5 Å². The van der Waals surface area contributed by atoms with E-state index in [2.05, 4.69) is 31.9 Å². The van der Waals surface area contributed by atoms with E-state index in [1.54, 1.807) is 18.2 Å². The summed E-state index contributed by atoms with van der Waals surface area (Å²) in [7, 11) is 2.39. The van der Waals surface area contributed by atoms with Gasteiger partial charge in [-0.25, -0.2) is 9.97 Å². The van der Waals surface area contributed by atoms with E-state index < -0.39 is 0 Å². The van der Waals surface area contributed by atoms with Gasteiger partial charge in [-0.2, -0.15) is 0 Å². The first-order chi connectivity index (χ1) is 15.6. The lowest BCUT2D eigenvalue weighted by Gasteiger charge is -2.18. The summed E-state index contributed by atoms with van der Waals surface area (Å²) in [6.45, 7) is 3.71. The highest BCUT2D eigenvalue weighted by molar-refractivity contribution is 7.46. The molecule has 0 saturated heterocycles. The minimum atomic E-state index is -0.0304. The van der Waals surface area contributed by atoms with Crippen LogP contribution in [0.2, 0.25) is 0 Å². The topological polar surface area (TPSA) is 116 Å². The van der Waals surface area contributed by atoms with Crippen LogP contribution in [0.1, 0.15) is 24.8 Å². The van der Waals surface area contributed by atoms with E-state index in [9.17, 15) is 9.90 Å². The maximum atomic E-state index is 12.4. The first-order valence-electron chi connectivity index (χ1n) is 10.6. The van der Waals surface area contributed by atoms with Crippen LogP contribution in [0.3, 0.4) is 0 Å². The van der Waals surface area contributed by atoms with Crippen LogP contribution in [0.15, 0.2) is 29.5 Å². The number of nitrogens with zero attached hydrogens (tertiary/aromatic N) is 4. The normalized spacial score (nSPS) is 16.1. The second kappa shape index (κ2) is 9.96. The smallest absolute Gasteiger partial charge is 0.222 e. The molecule has 1 amide bonds. The zero-order chi connectivity index (χ0) is 22.5. The van der Waals surface area contributed by atoms with E-state index in [4.69, 9.17) is 4.74 Å². The Kier molecular flexibility index (Phi) is 6.85. The van der Waals surface area contributed by atoms with Gasteiger partial charge in [-0.3, -0.25) is 9.79 Å². The molecule has 4 rings (SSSR count). The third-order valence-corrected chi connectivity index (χ3v) is 6.35. The van der Waals surface area contributed by atoms with Gasteiger partial charge in [0.05, 0.1) is 23.2 Å². The van der Waals surface area contributed by atoms with Gasteiger partial charge in [0.15, 0.2) is 5.88 Å². The van der Waals surface area contributed by atoms with Crippen LogP contribution in [-0.4, -0.2) is 70.5 Å². The van der Waals surface area contributed by atoms with Crippen molar-refractivity contribution in [2.45, 2.75) is 19.3 Å². The van der Waals surface area contributed by atoms with Gasteiger partial charge >= 0.3 is 0 Å². The number of carbonyl (C=O) groups is 1. The summed E-state index contributed by atoms with van der Waals surface area (Å²) in [5.74, 6) is 1.45. The zero-order valence-corrected chi connectivity index (χ0v) is 19.2. The number of rotatable bonds is 1. The highest BCUT2D eigenvalue weighted by Gasteiger charge is 2.16. The van der Waals surface area contributed by atoms with E-state index in [-0.39, 0.29) is 11.8 Å². The molecular weight excluding hydrogens is 427 g/mol. The molecule has 3 N–H and O–H groups in total. The number of anilines is 1. The number of aliphatic imine (C=N–C) groups is 1. The van der Waals surface area contributed by atoms with Gasteiger partial charge in [0, 0.05) is 44.1 Å². The fraction of sp³-hybridized carbons (Fsp3) is 0.364. The summed E-state index contributed by atoms with van der Waals surface area (Å²) in [4.78, 5) is 30.1. The number of benzene rings is 1. The maximum absolute atomic E-state index is 12.4. The quantitative estimate of drug-likeness (QED) is 0.487. The van der Waals surface area contributed by atoms with Crippen molar-refractivity contribution in [3.05, 3.63) is 30.1 Å². The summed E-state index contributed by atoms with van der Waals surface area (Å²) in [6, 6.07) is 5.86. The molecule has 0 saturated carbocycles. The molecule has 1 aliphatic heterocycles. The largest absolute Gasteiger partial charge is 0.494 e. The Morgan fingerprint density at radius 3 is 2.97 bits per heavy atom. The Morgan fingerprint density at radius 2 is 2.12 bits per heavy atom. The van der Waals surface area contributed by atoms with Crippen molar-refractivity contribution >= 4 is 48.5 Å². The molecule has 0 fully saturated rings. The van der Waals surface area contributed by atoms with Crippen molar-refractivity contribution in [2.24, 2.45) is 4.99 Å². The van der Waals surface area contributed by atoms with Crippen molar-refractivity contribution in [1.29, 1.82) is 0 Å². The minimum Gasteiger partial charge on any atom is -0.494 e. The number of hydrogen-bond acceptors (Lipinski definition) is 7. The molecule has 1 aromatic carbocycles. The SMILES string of the molecule is CPc1ccc2cc1OCCCCC(=O)N(C)CCNc1ncnc3[nH]c(O)c(c13)C=N2. The number of aromatic amines is 1. The fourth-order valence-corrected chi connectivity index (χ4v) is 4.21. The van der Waals surface area contributed by atoms with Crippen molar-refractivity contribution < 1.29 is 14.6 Å². The molecule has 10 heteroatoms. The summed E-state index contributed by atoms with van der Waals surface area (Å²) < 4.78 is 6.02. The number of nitrogens with one attached hydrogen (secondary N) is 2. The number of likely N-dealkylation sites (N-methyl/N-ethyl adjacent to an activating group) is 1. The molecule has 3 aromatic rings. The first kappa shape index (κ1) is 22.0. The van der Waals surface area contributed by atoms with Crippen LogP contribution >= 0.6 is 8.58 Å². The van der Waals surface area contributed by atoms with E-state index >= 15 is 0 Å². The zero-order valence-electron chi connectivity index (χ0n) is 18.2. The maximum Gasteiger partial charge on any atom is 0.222 e. The third kappa shape index (κ3) is 4.83. The fourth-order valence-electron chi connectivity index (χ4n) is 3.57. The second-order valence-corrected chi connectivity index (χ2v) is 8.61. The number of ether oxygens (including phenoxy) is 1. The summed E-state index contributed by atoms with van der Waals surface area (Å²) in [6.07, 6.45) is 5.10. The van der Waals surface area contributed by atoms with Gasteiger partial charge in [-0.05, 0) is 31.6 Å². The average molecular weight is 454 g/mol. The molecule has 0 spiro atoms.